The molecule has 0 aromatic heterocycles. The summed E-state index contributed by atoms with van der Waals surface area (Å²) in [6, 6.07) is 4.78. The van der Waals surface area contributed by atoms with Crippen molar-refractivity contribution in [3.8, 4) is 0 Å². The van der Waals surface area contributed by atoms with Gasteiger partial charge in [-0.25, -0.2) is 8.42 Å². The number of aryl methyl sites for hydroxylation is 1. The van der Waals surface area contributed by atoms with Crippen molar-refractivity contribution >= 4 is 28.3 Å². The maximum absolute atomic E-state index is 12.8. The number of sulfonamides is 1. The molecular weight excluding hydrogens is 366 g/mol. The number of nitrogens with zero attached hydrogens (tertiary/aromatic N) is 1. The average Bonchev–Trinajstić information content (AvgIpc) is 2.59. The first-order chi connectivity index (χ1) is 11.5. The van der Waals surface area contributed by atoms with Gasteiger partial charge in [-0.1, -0.05) is 13.0 Å². The van der Waals surface area contributed by atoms with E-state index >= 15 is 0 Å². The second-order valence-electron chi connectivity index (χ2n) is 5.61. The molecule has 25 heavy (non-hydrogen) atoms. The van der Waals surface area contributed by atoms with Crippen LogP contribution in [0.4, 0.5) is 0 Å². The summed E-state index contributed by atoms with van der Waals surface area (Å²) in [6.45, 7) is 7.18. The molecule has 7 nitrogen and oxygen atoms in total. The Balaban J connectivity index is 0.00000312. The van der Waals surface area contributed by atoms with Crippen molar-refractivity contribution in [3.05, 3.63) is 29.3 Å². The van der Waals surface area contributed by atoms with Crippen LogP contribution in [-0.2, 0) is 14.8 Å². The Bertz CT molecular complexity index is 676. The van der Waals surface area contributed by atoms with Crippen LogP contribution in [0, 0.1) is 6.92 Å². The van der Waals surface area contributed by atoms with Gasteiger partial charge in [0.15, 0.2) is 0 Å². The Morgan fingerprint density at radius 3 is 2.56 bits per heavy atom. The number of hydrogen-bond acceptors (Lipinski definition) is 5. The first-order valence-electron chi connectivity index (χ1n) is 8.14. The molecule has 1 heterocycles. The van der Waals surface area contributed by atoms with Gasteiger partial charge in [0.25, 0.3) is 5.91 Å². The molecule has 0 bridgehead atoms. The molecule has 1 aliphatic rings. The van der Waals surface area contributed by atoms with Crippen LogP contribution in [0.25, 0.3) is 0 Å². The average molecular weight is 392 g/mol. The predicted octanol–water partition coefficient (Wildman–Crippen LogP) is 0.777. The highest BCUT2D eigenvalue weighted by Gasteiger charge is 2.28. The molecule has 0 aliphatic carbocycles. The normalized spacial score (nSPS) is 15.4. The second kappa shape index (κ2) is 10.1. The van der Waals surface area contributed by atoms with E-state index in [1.165, 1.54) is 10.4 Å². The summed E-state index contributed by atoms with van der Waals surface area (Å²) in [5.41, 5.74) is 0.981. The van der Waals surface area contributed by atoms with E-state index in [0.29, 0.717) is 50.5 Å². The molecule has 1 aliphatic heterocycles. The Hall–Kier alpha value is -1.19. The first-order valence-corrected chi connectivity index (χ1v) is 9.58. The summed E-state index contributed by atoms with van der Waals surface area (Å²) in [5.74, 6) is -0.272. The lowest BCUT2D eigenvalue weighted by molar-refractivity contribution is 0.0730. The summed E-state index contributed by atoms with van der Waals surface area (Å²) < 4.78 is 32.2. The van der Waals surface area contributed by atoms with E-state index in [1.807, 2.05) is 6.92 Å². The minimum atomic E-state index is -3.62. The highest BCUT2D eigenvalue weighted by molar-refractivity contribution is 7.89. The number of halogens is 1. The smallest absolute Gasteiger partial charge is 0.251 e. The second-order valence-corrected chi connectivity index (χ2v) is 7.51. The largest absolute Gasteiger partial charge is 0.379 e. The van der Waals surface area contributed by atoms with Gasteiger partial charge in [-0.2, -0.15) is 4.31 Å². The Morgan fingerprint density at radius 1 is 1.24 bits per heavy atom. The van der Waals surface area contributed by atoms with Crippen molar-refractivity contribution in [3.63, 3.8) is 0 Å². The third-order valence-electron chi connectivity index (χ3n) is 3.88. The van der Waals surface area contributed by atoms with E-state index in [0.717, 1.165) is 6.54 Å². The van der Waals surface area contributed by atoms with E-state index in [9.17, 15) is 13.2 Å². The van der Waals surface area contributed by atoms with Crippen molar-refractivity contribution in [2.45, 2.75) is 18.7 Å². The summed E-state index contributed by atoms with van der Waals surface area (Å²) in [7, 11) is -3.62. The SMILES string of the molecule is CCNCCNC(=O)c1ccc(C)c(S(=O)(=O)N2CCOCC2)c1.Cl. The number of ether oxygens (including phenoxy) is 1. The van der Waals surface area contributed by atoms with Crippen molar-refractivity contribution in [1.29, 1.82) is 0 Å². The van der Waals surface area contributed by atoms with E-state index in [2.05, 4.69) is 10.6 Å². The Labute approximate surface area is 155 Å². The van der Waals surface area contributed by atoms with Crippen LogP contribution in [-0.4, -0.2) is 64.6 Å². The fourth-order valence-electron chi connectivity index (χ4n) is 2.49. The third-order valence-corrected chi connectivity index (χ3v) is 5.92. The van der Waals surface area contributed by atoms with Crippen LogP contribution in [0.3, 0.4) is 0 Å². The van der Waals surface area contributed by atoms with Crippen LogP contribution < -0.4 is 10.6 Å². The minimum Gasteiger partial charge on any atom is -0.379 e. The molecule has 9 heteroatoms. The quantitative estimate of drug-likeness (QED) is 0.670. The molecule has 0 saturated carbocycles. The summed E-state index contributed by atoms with van der Waals surface area (Å²) in [5, 5.41) is 5.90. The molecule has 1 amide bonds. The lowest BCUT2D eigenvalue weighted by Gasteiger charge is -2.26. The van der Waals surface area contributed by atoms with Crippen LogP contribution in [0.2, 0.25) is 0 Å². The number of carbonyl (C=O) groups excluding carboxylic acids is 1. The standard InChI is InChI=1S/C16H25N3O4S.ClH/c1-3-17-6-7-18-16(20)14-5-4-13(2)15(12-14)24(21,22)19-8-10-23-11-9-19;/h4-5,12,17H,3,6-11H2,1-2H3,(H,18,20);1H. The summed E-state index contributed by atoms with van der Waals surface area (Å²) >= 11 is 0. The molecule has 1 aromatic carbocycles. The third kappa shape index (κ3) is 5.65. The number of amides is 1. The molecule has 0 unspecified atom stereocenters. The molecule has 2 rings (SSSR count). The van der Waals surface area contributed by atoms with Crippen molar-refractivity contribution in [1.82, 2.24) is 14.9 Å². The summed E-state index contributed by atoms with van der Waals surface area (Å²) in [4.78, 5) is 12.4. The predicted molar refractivity (Wildman–Crippen MR) is 98.9 cm³/mol. The lowest BCUT2D eigenvalue weighted by atomic mass is 10.1. The van der Waals surface area contributed by atoms with Gasteiger partial charge in [-0.15, -0.1) is 12.4 Å². The van der Waals surface area contributed by atoms with Gasteiger partial charge >= 0.3 is 0 Å². The van der Waals surface area contributed by atoms with Crippen LogP contribution in [0.1, 0.15) is 22.8 Å². The van der Waals surface area contributed by atoms with Crippen LogP contribution in [0.5, 0.6) is 0 Å². The van der Waals surface area contributed by atoms with E-state index < -0.39 is 10.0 Å². The number of nitrogens with one attached hydrogen (secondary N) is 2. The Morgan fingerprint density at radius 2 is 1.92 bits per heavy atom. The van der Waals surface area contributed by atoms with Crippen molar-refractivity contribution in [2.75, 3.05) is 45.9 Å². The first kappa shape index (κ1) is 21.9. The lowest BCUT2D eigenvalue weighted by Crippen LogP contribution is -2.41. The molecule has 2 N–H and O–H groups in total. The monoisotopic (exact) mass is 391 g/mol. The number of carbonyl (C=O) groups is 1. The van der Waals surface area contributed by atoms with Crippen LogP contribution >= 0.6 is 12.4 Å². The zero-order valence-electron chi connectivity index (χ0n) is 14.6. The topological polar surface area (TPSA) is 87.7 Å². The van der Waals surface area contributed by atoms with Gasteiger partial charge in [0.05, 0.1) is 18.1 Å². The number of benzene rings is 1. The fraction of sp³-hybridized carbons (Fsp3) is 0.562. The van der Waals surface area contributed by atoms with Gasteiger partial charge in [-0.3, -0.25) is 4.79 Å². The molecule has 1 fully saturated rings. The minimum absolute atomic E-state index is 0. The molecule has 1 saturated heterocycles. The molecule has 0 atom stereocenters. The Kier molecular flexibility index (Phi) is 8.81. The number of likely N-dealkylation sites (N-methyl/N-ethyl adjacent to an activating group) is 1. The highest BCUT2D eigenvalue weighted by atomic mass is 35.5. The molecule has 0 radical (unpaired) electrons. The fourth-order valence-corrected chi connectivity index (χ4v) is 4.15. The van der Waals surface area contributed by atoms with Crippen LogP contribution in [0.15, 0.2) is 23.1 Å². The van der Waals surface area contributed by atoms with E-state index in [-0.39, 0.29) is 23.2 Å². The molecule has 1 aromatic rings. The van der Waals surface area contributed by atoms with Gasteiger partial charge < -0.3 is 15.4 Å². The highest BCUT2D eigenvalue weighted by Crippen LogP contribution is 2.22. The molecular formula is C16H26ClN3O4S. The van der Waals surface area contributed by atoms with Gasteiger partial charge in [0, 0.05) is 31.7 Å². The van der Waals surface area contributed by atoms with Gasteiger partial charge in [0.1, 0.15) is 0 Å². The zero-order chi connectivity index (χ0) is 17.6. The zero-order valence-corrected chi connectivity index (χ0v) is 16.2. The van der Waals surface area contributed by atoms with Crippen molar-refractivity contribution in [2.24, 2.45) is 0 Å². The van der Waals surface area contributed by atoms with E-state index in [4.69, 9.17) is 4.74 Å². The van der Waals surface area contributed by atoms with Crippen molar-refractivity contribution < 1.29 is 17.9 Å². The van der Waals surface area contributed by atoms with Gasteiger partial charge in [-0.05, 0) is 31.2 Å². The number of morpholine rings is 1. The maximum Gasteiger partial charge on any atom is 0.251 e. The summed E-state index contributed by atoms with van der Waals surface area (Å²) in [6.07, 6.45) is 0. The number of hydrogen-bond donors (Lipinski definition) is 2. The van der Waals surface area contributed by atoms with Gasteiger partial charge in [0.2, 0.25) is 10.0 Å². The molecule has 0 spiro atoms. The number of rotatable bonds is 7. The van der Waals surface area contributed by atoms with E-state index in [1.54, 1.807) is 19.1 Å². The maximum atomic E-state index is 12.8. The molecule has 142 valence electrons.